The van der Waals surface area contributed by atoms with Gasteiger partial charge in [0.05, 0.1) is 16.3 Å². The molecule has 0 aliphatic carbocycles. The number of nitrogens with two attached hydrogens (primary N) is 1. The van der Waals surface area contributed by atoms with E-state index in [2.05, 4.69) is 4.72 Å². The molecule has 1 rings (SSSR count). The lowest BCUT2D eigenvalue weighted by atomic mass is 10.2. The number of nitrogens with one attached hydrogen (secondary N) is 1. The molecule has 0 amide bonds. The van der Waals surface area contributed by atoms with E-state index in [1.165, 1.54) is 0 Å². The van der Waals surface area contributed by atoms with E-state index >= 15 is 0 Å². The summed E-state index contributed by atoms with van der Waals surface area (Å²) in [6.07, 6.45) is 2.53. The summed E-state index contributed by atoms with van der Waals surface area (Å²) < 4.78 is 32.0. The summed E-state index contributed by atoms with van der Waals surface area (Å²) in [7, 11) is -3.35. The van der Waals surface area contributed by atoms with Crippen molar-refractivity contribution >= 4 is 27.2 Å². The molecule has 1 aliphatic rings. The highest BCUT2D eigenvalue weighted by Crippen LogP contribution is 2.15. The first kappa shape index (κ1) is 14.8. The number of hydrogen-bond donors (Lipinski definition) is 2. The van der Waals surface area contributed by atoms with Gasteiger partial charge >= 0.3 is 0 Å². The fourth-order valence-electron chi connectivity index (χ4n) is 1.83. The number of sulfonamides is 1. The summed E-state index contributed by atoms with van der Waals surface area (Å²) in [5.41, 5.74) is 5.54. The fraction of sp³-hybridized carbons (Fsp3) is 0.900. The van der Waals surface area contributed by atoms with Crippen molar-refractivity contribution in [1.82, 2.24) is 4.72 Å². The van der Waals surface area contributed by atoms with E-state index in [1.807, 2.05) is 6.92 Å². The Hall–Kier alpha value is -0.240. The first-order valence-electron chi connectivity index (χ1n) is 5.85. The highest BCUT2D eigenvalue weighted by molar-refractivity contribution is 7.90. The summed E-state index contributed by atoms with van der Waals surface area (Å²) in [6.45, 7) is 2.96. The molecule has 1 atom stereocenters. The Bertz CT molecular complexity index is 351. The van der Waals surface area contributed by atoms with Gasteiger partial charge in [-0.1, -0.05) is 25.6 Å². The number of rotatable bonds is 6. The van der Waals surface area contributed by atoms with E-state index in [9.17, 15) is 8.42 Å². The Morgan fingerprint density at radius 3 is 2.59 bits per heavy atom. The van der Waals surface area contributed by atoms with Crippen LogP contribution in [0.3, 0.4) is 0 Å². The number of hydrogen-bond acceptors (Lipinski definition) is 4. The Morgan fingerprint density at radius 1 is 1.53 bits per heavy atom. The van der Waals surface area contributed by atoms with Gasteiger partial charge in [-0.3, -0.25) is 0 Å². The lowest BCUT2D eigenvalue weighted by Gasteiger charge is -2.25. The monoisotopic (exact) mass is 280 g/mol. The molecule has 3 N–H and O–H groups in total. The minimum atomic E-state index is -3.35. The molecule has 1 fully saturated rings. The molecular weight excluding hydrogens is 260 g/mol. The molecular formula is C10H20N2O3S2. The van der Waals surface area contributed by atoms with Gasteiger partial charge in [0, 0.05) is 13.2 Å². The second kappa shape index (κ2) is 6.63. The topological polar surface area (TPSA) is 81.4 Å². The molecule has 7 heteroatoms. The van der Waals surface area contributed by atoms with Crippen LogP contribution in [0.25, 0.3) is 0 Å². The molecule has 1 unspecified atom stereocenters. The Kier molecular flexibility index (Phi) is 5.78. The molecule has 0 aromatic carbocycles. The van der Waals surface area contributed by atoms with Gasteiger partial charge in [0.25, 0.3) is 0 Å². The van der Waals surface area contributed by atoms with Crippen LogP contribution in [0.2, 0.25) is 0 Å². The standard InChI is InChI=1S/C10H20N2O3S2/c1-2-3-9(10(11)16)12-17(13,14)8-4-6-15-7-5-8/h8-9,12H,2-7H2,1H3,(H2,11,16). The third kappa shape index (κ3) is 4.50. The van der Waals surface area contributed by atoms with Gasteiger partial charge in [-0.2, -0.15) is 0 Å². The van der Waals surface area contributed by atoms with E-state index in [-0.39, 0.29) is 10.2 Å². The summed E-state index contributed by atoms with van der Waals surface area (Å²) >= 11 is 4.88. The molecule has 0 bridgehead atoms. The maximum Gasteiger partial charge on any atom is 0.215 e. The zero-order chi connectivity index (χ0) is 12.9. The maximum atomic E-state index is 12.1. The van der Waals surface area contributed by atoms with E-state index in [4.69, 9.17) is 22.7 Å². The van der Waals surface area contributed by atoms with Crippen molar-refractivity contribution in [3.05, 3.63) is 0 Å². The quantitative estimate of drug-likeness (QED) is 0.694. The lowest BCUT2D eigenvalue weighted by molar-refractivity contribution is 0.0981. The fourth-order valence-corrected chi connectivity index (χ4v) is 3.73. The highest BCUT2D eigenvalue weighted by atomic mass is 32.2. The van der Waals surface area contributed by atoms with Gasteiger partial charge in [-0.15, -0.1) is 0 Å². The van der Waals surface area contributed by atoms with Crippen LogP contribution in [0.1, 0.15) is 32.6 Å². The molecule has 100 valence electrons. The molecule has 1 saturated heterocycles. The molecule has 0 spiro atoms. The zero-order valence-electron chi connectivity index (χ0n) is 10.0. The minimum Gasteiger partial charge on any atom is -0.392 e. The Labute approximate surface area is 108 Å². The molecule has 0 aromatic heterocycles. The van der Waals surface area contributed by atoms with Crippen molar-refractivity contribution in [3.8, 4) is 0 Å². The lowest BCUT2D eigenvalue weighted by Crippen LogP contribution is -2.48. The van der Waals surface area contributed by atoms with Gasteiger partial charge < -0.3 is 10.5 Å². The van der Waals surface area contributed by atoms with Crippen LogP contribution in [-0.2, 0) is 14.8 Å². The Balaban J connectivity index is 2.65. The summed E-state index contributed by atoms with van der Waals surface area (Å²) in [6, 6.07) is -0.428. The second-order valence-corrected chi connectivity index (χ2v) is 6.68. The van der Waals surface area contributed by atoms with Crippen molar-refractivity contribution in [3.63, 3.8) is 0 Å². The average molecular weight is 280 g/mol. The highest BCUT2D eigenvalue weighted by Gasteiger charge is 2.30. The van der Waals surface area contributed by atoms with E-state index in [0.717, 1.165) is 6.42 Å². The third-order valence-electron chi connectivity index (χ3n) is 2.83. The molecule has 0 saturated carbocycles. The first-order valence-corrected chi connectivity index (χ1v) is 7.81. The van der Waals surface area contributed by atoms with Crippen LogP contribution >= 0.6 is 12.2 Å². The predicted octanol–water partition coefficient (Wildman–Crippen LogP) is 0.540. The van der Waals surface area contributed by atoms with Crippen LogP contribution in [0.5, 0.6) is 0 Å². The average Bonchev–Trinajstić information content (AvgIpc) is 2.29. The van der Waals surface area contributed by atoms with Gasteiger partial charge in [0.2, 0.25) is 10.0 Å². The van der Waals surface area contributed by atoms with Crippen molar-refractivity contribution in [1.29, 1.82) is 0 Å². The van der Waals surface area contributed by atoms with Crippen molar-refractivity contribution in [2.24, 2.45) is 5.73 Å². The van der Waals surface area contributed by atoms with E-state index in [1.54, 1.807) is 0 Å². The smallest absolute Gasteiger partial charge is 0.215 e. The molecule has 17 heavy (non-hydrogen) atoms. The van der Waals surface area contributed by atoms with Crippen LogP contribution in [0.4, 0.5) is 0 Å². The van der Waals surface area contributed by atoms with Crippen molar-refractivity contribution in [2.75, 3.05) is 13.2 Å². The molecule has 0 aromatic rings. The molecule has 5 nitrogen and oxygen atoms in total. The van der Waals surface area contributed by atoms with E-state index < -0.39 is 16.1 Å². The first-order chi connectivity index (χ1) is 7.97. The SMILES string of the molecule is CCCC(NS(=O)(=O)C1CCOCC1)C(N)=S. The van der Waals surface area contributed by atoms with Gasteiger partial charge in [0.15, 0.2) is 0 Å². The second-order valence-electron chi connectivity index (χ2n) is 4.22. The van der Waals surface area contributed by atoms with Crippen LogP contribution in [0, 0.1) is 0 Å². The summed E-state index contributed by atoms with van der Waals surface area (Å²) in [4.78, 5) is 0.211. The Morgan fingerprint density at radius 2 is 2.12 bits per heavy atom. The summed E-state index contributed by atoms with van der Waals surface area (Å²) in [5.74, 6) is 0. The van der Waals surface area contributed by atoms with Crippen LogP contribution in [-0.4, -0.2) is 37.9 Å². The molecule has 0 radical (unpaired) electrons. The largest absolute Gasteiger partial charge is 0.392 e. The number of thiocarbonyl (C=S) groups is 1. The molecule has 1 aliphatic heterocycles. The zero-order valence-corrected chi connectivity index (χ0v) is 11.6. The minimum absolute atomic E-state index is 0.211. The van der Waals surface area contributed by atoms with Crippen LogP contribution < -0.4 is 10.5 Å². The van der Waals surface area contributed by atoms with Crippen molar-refractivity contribution in [2.45, 2.75) is 43.9 Å². The van der Waals surface area contributed by atoms with Gasteiger partial charge in [-0.05, 0) is 19.3 Å². The predicted molar refractivity (Wildman–Crippen MR) is 71.4 cm³/mol. The molecule has 1 heterocycles. The maximum absolute atomic E-state index is 12.1. The summed E-state index contributed by atoms with van der Waals surface area (Å²) in [5, 5.41) is -0.384. The number of ether oxygens (including phenoxy) is 1. The third-order valence-corrected chi connectivity index (χ3v) is 5.08. The van der Waals surface area contributed by atoms with E-state index in [0.29, 0.717) is 32.5 Å². The normalized spacial score (nSPS) is 20.1. The van der Waals surface area contributed by atoms with Gasteiger partial charge in [-0.25, -0.2) is 13.1 Å². The van der Waals surface area contributed by atoms with Crippen molar-refractivity contribution < 1.29 is 13.2 Å². The van der Waals surface area contributed by atoms with Crippen LogP contribution in [0.15, 0.2) is 0 Å². The van der Waals surface area contributed by atoms with Gasteiger partial charge in [0.1, 0.15) is 0 Å².